The van der Waals surface area contributed by atoms with E-state index in [-0.39, 0.29) is 11.7 Å². The normalized spacial score (nSPS) is 16.3. The summed E-state index contributed by atoms with van der Waals surface area (Å²) in [6.45, 7) is 1.75. The summed E-state index contributed by atoms with van der Waals surface area (Å²) >= 11 is 1.33. The van der Waals surface area contributed by atoms with Gasteiger partial charge in [0.1, 0.15) is 5.82 Å². The van der Waals surface area contributed by atoms with Crippen molar-refractivity contribution in [2.45, 2.75) is 6.92 Å². The molecule has 2 aromatic carbocycles. The van der Waals surface area contributed by atoms with Gasteiger partial charge in [-0.1, -0.05) is 42.1 Å². The van der Waals surface area contributed by atoms with Crippen LogP contribution >= 0.6 is 11.8 Å². The van der Waals surface area contributed by atoms with Crippen molar-refractivity contribution in [3.8, 4) is 11.1 Å². The maximum Gasteiger partial charge on any atom is 0.236 e. The first-order chi connectivity index (χ1) is 11.1. The zero-order valence-electron chi connectivity index (χ0n) is 12.4. The molecule has 0 unspecified atom stereocenters. The van der Waals surface area contributed by atoms with Gasteiger partial charge in [-0.05, 0) is 41.3 Å². The number of halogens is 1. The number of aryl methyl sites for hydroxylation is 1. The molecule has 1 aliphatic rings. The largest absolute Gasteiger partial charge is 0.303 e. The van der Waals surface area contributed by atoms with Gasteiger partial charge >= 0.3 is 0 Å². The van der Waals surface area contributed by atoms with Crippen molar-refractivity contribution in [1.29, 1.82) is 0 Å². The Kier molecular flexibility index (Phi) is 4.52. The first kappa shape index (κ1) is 15.4. The SMILES string of the molecule is Cc1cc(-c2ccc(C=NN=C3NC(=O)CS3)cc2)ccc1F. The second-order valence-corrected chi connectivity index (χ2v) is 6.04. The standard InChI is InChI=1S/C17H14FN3OS/c1-11-8-14(6-7-15(11)18)13-4-2-12(3-5-13)9-19-21-17-20-16(22)10-23-17/h2-9H,10H2,1H3,(H,20,21,22). The molecule has 6 heteroatoms. The first-order valence-corrected chi connectivity index (χ1v) is 8.00. The van der Waals surface area contributed by atoms with E-state index in [1.807, 2.05) is 30.3 Å². The Labute approximate surface area is 137 Å². The monoisotopic (exact) mass is 327 g/mol. The molecular formula is C17H14FN3OS. The molecule has 0 bridgehead atoms. The molecule has 1 amide bonds. The van der Waals surface area contributed by atoms with E-state index in [9.17, 15) is 9.18 Å². The van der Waals surface area contributed by atoms with Crippen molar-refractivity contribution >= 4 is 29.1 Å². The molecule has 3 rings (SSSR count). The Bertz CT molecular complexity index is 800. The summed E-state index contributed by atoms with van der Waals surface area (Å²) in [6, 6.07) is 12.8. The van der Waals surface area contributed by atoms with Crippen LogP contribution in [0.3, 0.4) is 0 Å². The van der Waals surface area contributed by atoms with E-state index in [2.05, 4.69) is 15.5 Å². The van der Waals surface area contributed by atoms with Gasteiger partial charge in [-0.2, -0.15) is 5.10 Å². The molecule has 0 spiro atoms. The van der Waals surface area contributed by atoms with Crippen molar-refractivity contribution in [2.24, 2.45) is 10.2 Å². The molecule has 1 heterocycles. The Morgan fingerprint density at radius 1 is 1.17 bits per heavy atom. The number of carbonyl (C=O) groups is 1. The highest BCUT2D eigenvalue weighted by Gasteiger charge is 2.15. The number of nitrogens with zero attached hydrogens (tertiary/aromatic N) is 2. The lowest BCUT2D eigenvalue weighted by atomic mass is 10.0. The molecule has 4 nitrogen and oxygen atoms in total. The predicted molar refractivity (Wildman–Crippen MR) is 92.2 cm³/mol. The van der Waals surface area contributed by atoms with Crippen LogP contribution in [0.25, 0.3) is 11.1 Å². The maximum atomic E-state index is 13.3. The van der Waals surface area contributed by atoms with Gasteiger partial charge in [0, 0.05) is 0 Å². The van der Waals surface area contributed by atoms with Crippen LogP contribution in [0, 0.1) is 12.7 Å². The fourth-order valence-corrected chi connectivity index (χ4v) is 2.74. The minimum absolute atomic E-state index is 0.0529. The second-order valence-electron chi connectivity index (χ2n) is 5.07. The molecule has 0 aliphatic carbocycles. The third-order valence-electron chi connectivity index (χ3n) is 3.34. The molecule has 1 aliphatic heterocycles. The average molecular weight is 327 g/mol. The topological polar surface area (TPSA) is 53.8 Å². The summed E-state index contributed by atoms with van der Waals surface area (Å²) in [5, 5.41) is 11.0. The van der Waals surface area contributed by atoms with Crippen molar-refractivity contribution in [1.82, 2.24) is 5.32 Å². The number of nitrogens with one attached hydrogen (secondary N) is 1. The third kappa shape index (κ3) is 3.84. The molecular weight excluding hydrogens is 313 g/mol. The zero-order valence-corrected chi connectivity index (χ0v) is 13.2. The Morgan fingerprint density at radius 2 is 1.91 bits per heavy atom. The van der Waals surface area contributed by atoms with Crippen molar-refractivity contribution in [3.63, 3.8) is 0 Å². The minimum atomic E-state index is -0.200. The number of hydrogen-bond donors (Lipinski definition) is 1. The van der Waals surface area contributed by atoms with Gasteiger partial charge < -0.3 is 5.32 Å². The summed E-state index contributed by atoms with van der Waals surface area (Å²) < 4.78 is 13.3. The highest BCUT2D eigenvalue weighted by molar-refractivity contribution is 8.15. The first-order valence-electron chi connectivity index (χ1n) is 7.02. The second kappa shape index (κ2) is 6.75. The van der Waals surface area contributed by atoms with Crippen LogP contribution in [0.15, 0.2) is 52.7 Å². The van der Waals surface area contributed by atoms with E-state index in [1.54, 1.807) is 19.2 Å². The molecule has 1 fully saturated rings. The van der Waals surface area contributed by atoms with E-state index in [0.717, 1.165) is 16.7 Å². The Hall–Kier alpha value is -2.47. The highest BCUT2D eigenvalue weighted by atomic mass is 32.2. The van der Waals surface area contributed by atoms with Crippen LogP contribution in [-0.4, -0.2) is 23.0 Å². The number of rotatable bonds is 3. The molecule has 2 aromatic rings. The summed E-state index contributed by atoms with van der Waals surface area (Å²) in [7, 11) is 0. The lowest BCUT2D eigenvalue weighted by Crippen LogP contribution is -2.19. The summed E-state index contributed by atoms with van der Waals surface area (Å²) in [5.41, 5.74) is 3.50. The zero-order chi connectivity index (χ0) is 16.2. The lowest BCUT2D eigenvalue weighted by molar-refractivity contribution is -0.116. The molecule has 1 N–H and O–H groups in total. The van der Waals surface area contributed by atoms with Crippen molar-refractivity contribution < 1.29 is 9.18 Å². The van der Waals surface area contributed by atoms with E-state index in [4.69, 9.17) is 0 Å². The number of thioether (sulfide) groups is 1. The third-order valence-corrected chi connectivity index (χ3v) is 4.21. The number of benzene rings is 2. The van der Waals surface area contributed by atoms with Crippen LogP contribution < -0.4 is 5.32 Å². The average Bonchev–Trinajstić information content (AvgIpc) is 2.96. The number of carbonyl (C=O) groups excluding carboxylic acids is 1. The van der Waals surface area contributed by atoms with E-state index < -0.39 is 0 Å². The Balaban J connectivity index is 1.71. The minimum Gasteiger partial charge on any atom is -0.303 e. The lowest BCUT2D eigenvalue weighted by Gasteiger charge is -2.04. The quantitative estimate of drug-likeness (QED) is 0.694. The fraction of sp³-hybridized carbons (Fsp3) is 0.118. The number of amidine groups is 1. The van der Waals surface area contributed by atoms with Gasteiger partial charge in [0.05, 0.1) is 12.0 Å². The van der Waals surface area contributed by atoms with E-state index >= 15 is 0 Å². The summed E-state index contributed by atoms with van der Waals surface area (Å²) in [5.74, 6) is 0.136. The molecule has 0 radical (unpaired) electrons. The molecule has 0 atom stereocenters. The van der Waals surface area contributed by atoms with Gasteiger partial charge in [-0.15, -0.1) is 5.10 Å². The van der Waals surface area contributed by atoms with Gasteiger partial charge in [-0.3, -0.25) is 4.79 Å². The molecule has 116 valence electrons. The van der Waals surface area contributed by atoms with Gasteiger partial charge in [0.15, 0.2) is 5.17 Å². The van der Waals surface area contributed by atoms with Crippen molar-refractivity contribution in [2.75, 3.05) is 5.75 Å². The van der Waals surface area contributed by atoms with Crippen LogP contribution in [0.5, 0.6) is 0 Å². The smallest absolute Gasteiger partial charge is 0.236 e. The molecule has 23 heavy (non-hydrogen) atoms. The van der Waals surface area contributed by atoms with E-state index in [1.165, 1.54) is 17.8 Å². The number of hydrogen-bond acceptors (Lipinski definition) is 4. The predicted octanol–water partition coefficient (Wildman–Crippen LogP) is 3.35. The molecule has 0 aromatic heterocycles. The Morgan fingerprint density at radius 3 is 2.57 bits per heavy atom. The molecule has 0 saturated carbocycles. The van der Waals surface area contributed by atoms with Crippen LogP contribution in [-0.2, 0) is 4.79 Å². The summed E-state index contributed by atoms with van der Waals surface area (Å²) in [6.07, 6.45) is 1.62. The molecule has 1 saturated heterocycles. The van der Waals surface area contributed by atoms with E-state index in [0.29, 0.717) is 16.5 Å². The highest BCUT2D eigenvalue weighted by Crippen LogP contribution is 2.22. The number of amides is 1. The van der Waals surface area contributed by atoms with Crippen LogP contribution in [0.1, 0.15) is 11.1 Å². The van der Waals surface area contributed by atoms with Crippen molar-refractivity contribution in [3.05, 3.63) is 59.4 Å². The van der Waals surface area contributed by atoms with Gasteiger partial charge in [-0.25, -0.2) is 4.39 Å². The maximum absolute atomic E-state index is 13.3. The van der Waals surface area contributed by atoms with Crippen LogP contribution in [0.2, 0.25) is 0 Å². The van der Waals surface area contributed by atoms with Crippen LogP contribution in [0.4, 0.5) is 4.39 Å². The fourth-order valence-electron chi connectivity index (χ4n) is 2.11. The summed E-state index contributed by atoms with van der Waals surface area (Å²) in [4.78, 5) is 11.0. The van der Waals surface area contributed by atoms with Gasteiger partial charge in [0.25, 0.3) is 0 Å². The van der Waals surface area contributed by atoms with Gasteiger partial charge in [0.2, 0.25) is 5.91 Å².